The molecule has 1 amide bonds. The Morgan fingerprint density at radius 2 is 1.90 bits per heavy atom. The smallest absolute Gasteiger partial charge is 0.221 e. The lowest BCUT2D eigenvalue weighted by Gasteiger charge is -2.15. The number of carbonyl (C=O) groups excluding carboxylic acids is 1. The van der Waals surface area contributed by atoms with Gasteiger partial charge in [-0.25, -0.2) is 0 Å². The zero-order chi connectivity index (χ0) is 21.1. The normalized spacial score (nSPS) is 16.0. The number of rotatable bonds is 10. The van der Waals surface area contributed by atoms with E-state index >= 15 is 0 Å². The summed E-state index contributed by atoms with van der Waals surface area (Å²) in [6.45, 7) is 7.37. The fraction of sp³-hybridized carbons (Fsp3) is 0.636. The number of hydrogen-bond acceptors (Lipinski definition) is 4. The molecule has 1 aliphatic rings. The Balaban J connectivity index is 1.78. The number of amides is 1. The molecule has 2 rings (SSSR count). The second-order valence-corrected chi connectivity index (χ2v) is 7.70. The van der Waals surface area contributed by atoms with E-state index in [1.807, 2.05) is 45.0 Å². The number of guanidine groups is 1. The second-order valence-electron chi connectivity index (χ2n) is 7.70. The Morgan fingerprint density at radius 1 is 1.21 bits per heavy atom. The molecule has 4 N–H and O–H groups in total. The summed E-state index contributed by atoms with van der Waals surface area (Å²) in [6, 6.07) is 7.76. The van der Waals surface area contributed by atoms with Crippen molar-refractivity contribution in [3.63, 3.8) is 0 Å². The molecule has 7 heteroatoms. The summed E-state index contributed by atoms with van der Waals surface area (Å²) in [5.41, 5.74) is 0.789. The van der Waals surface area contributed by atoms with Crippen LogP contribution in [0.1, 0.15) is 64.5 Å². The third-order valence-corrected chi connectivity index (χ3v) is 4.77. The van der Waals surface area contributed by atoms with Crippen molar-refractivity contribution in [2.45, 2.75) is 71.1 Å². The van der Waals surface area contributed by atoms with Crippen LogP contribution in [-0.2, 0) is 4.79 Å². The van der Waals surface area contributed by atoms with Crippen LogP contribution in [0.4, 0.5) is 0 Å². The van der Waals surface area contributed by atoms with Crippen molar-refractivity contribution in [2.24, 2.45) is 4.99 Å². The van der Waals surface area contributed by atoms with Gasteiger partial charge in [-0.15, -0.1) is 0 Å². The summed E-state index contributed by atoms with van der Waals surface area (Å²) in [5.74, 6) is 1.45. The molecule has 1 unspecified atom stereocenters. The van der Waals surface area contributed by atoms with Crippen LogP contribution in [0.15, 0.2) is 29.3 Å². The monoisotopic (exact) mass is 404 g/mol. The van der Waals surface area contributed by atoms with Crippen LogP contribution in [-0.4, -0.2) is 48.8 Å². The summed E-state index contributed by atoms with van der Waals surface area (Å²) >= 11 is 0. The molecule has 0 heterocycles. The molecule has 1 aromatic rings. The number of aliphatic hydroxyl groups excluding tert-OH is 1. The quantitative estimate of drug-likeness (QED) is 0.355. The molecule has 0 aliphatic heterocycles. The number of carbonyl (C=O) groups is 1. The standard InChI is InChI=1S/C22H36N4O3/c1-4-23-22(24-14-13-21(28)26-18-7-5-6-8-18)25-15-20(27)17-9-11-19(12-10-17)29-16(2)3/h9-12,16,18,20,27H,4-8,13-15H2,1-3H3,(H,26,28)(H2,23,24,25). The first kappa shape index (κ1) is 23.0. The minimum Gasteiger partial charge on any atom is -0.491 e. The lowest BCUT2D eigenvalue weighted by atomic mass is 10.1. The summed E-state index contributed by atoms with van der Waals surface area (Å²) in [4.78, 5) is 16.5. The Kier molecular flexibility index (Phi) is 9.77. The third kappa shape index (κ3) is 8.73. The van der Waals surface area contributed by atoms with E-state index < -0.39 is 6.10 Å². The van der Waals surface area contributed by atoms with E-state index in [4.69, 9.17) is 4.74 Å². The van der Waals surface area contributed by atoms with Gasteiger partial charge in [0.2, 0.25) is 5.91 Å². The molecule has 0 saturated heterocycles. The number of aliphatic hydroxyl groups is 1. The molecular formula is C22H36N4O3. The van der Waals surface area contributed by atoms with Crippen LogP contribution in [0.5, 0.6) is 5.75 Å². The molecule has 1 atom stereocenters. The molecule has 0 spiro atoms. The van der Waals surface area contributed by atoms with E-state index in [2.05, 4.69) is 20.9 Å². The number of hydrogen-bond donors (Lipinski definition) is 4. The van der Waals surface area contributed by atoms with Crippen molar-refractivity contribution >= 4 is 11.9 Å². The fourth-order valence-corrected chi connectivity index (χ4v) is 3.33. The maximum Gasteiger partial charge on any atom is 0.221 e. The summed E-state index contributed by atoms with van der Waals surface area (Å²) in [7, 11) is 0. The largest absolute Gasteiger partial charge is 0.491 e. The highest BCUT2D eigenvalue weighted by Crippen LogP contribution is 2.19. The van der Waals surface area contributed by atoms with Gasteiger partial charge in [0.25, 0.3) is 0 Å². The predicted octanol–water partition coefficient (Wildman–Crippen LogP) is 2.51. The van der Waals surface area contributed by atoms with Crippen LogP contribution in [0.2, 0.25) is 0 Å². The summed E-state index contributed by atoms with van der Waals surface area (Å²) in [6.07, 6.45) is 4.40. The molecule has 162 valence electrons. The van der Waals surface area contributed by atoms with Crippen LogP contribution in [0, 0.1) is 0 Å². The highest BCUT2D eigenvalue weighted by atomic mass is 16.5. The maximum atomic E-state index is 12.0. The second kappa shape index (κ2) is 12.3. The highest BCUT2D eigenvalue weighted by Gasteiger charge is 2.16. The zero-order valence-corrected chi connectivity index (χ0v) is 17.9. The first-order valence-electron chi connectivity index (χ1n) is 10.7. The molecule has 0 radical (unpaired) electrons. The van der Waals surface area contributed by atoms with Crippen LogP contribution >= 0.6 is 0 Å². The van der Waals surface area contributed by atoms with E-state index in [-0.39, 0.29) is 18.6 Å². The Labute approximate surface area is 174 Å². The first-order valence-corrected chi connectivity index (χ1v) is 10.7. The van der Waals surface area contributed by atoms with Gasteiger partial charge in [0, 0.05) is 25.6 Å². The van der Waals surface area contributed by atoms with Gasteiger partial charge < -0.3 is 25.8 Å². The Bertz CT molecular complexity index is 640. The summed E-state index contributed by atoms with van der Waals surface area (Å²) < 4.78 is 5.62. The zero-order valence-electron chi connectivity index (χ0n) is 17.9. The van der Waals surface area contributed by atoms with Crippen molar-refractivity contribution in [2.75, 3.05) is 19.6 Å². The van der Waals surface area contributed by atoms with E-state index in [1.54, 1.807) is 0 Å². The molecule has 1 saturated carbocycles. The van der Waals surface area contributed by atoms with Crippen molar-refractivity contribution in [1.82, 2.24) is 16.0 Å². The number of nitrogens with zero attached hydrogens (tertiary/aromatic N) is 1. The predicted molar refractivity (Wildman–Crippen MR) is 116 cm³/mol. The number of nitrogens with one attached hydrogen (secondary N) is 3. The minimum absolute atomic E-state index is 0.0731. The molecule has 7 nitrogen and oxygen atoms in total. The molecule has 29 heavy (non-hydrogen) atoms. The lowest BCUT2D eigenvalue weighted by Crippen LogP contribution is -2.40. The highest BCUT2D eigenvalue weighted by molar-refractivity contribution is 5.81. The van der Waals surface area contributed by atoms with E-state index in [1.165, 1.54) is 12.8 Å². The van der Waals surface area contributed by atoms with E-state index in [0.717, 1.165) is 24.2 Å². The van der Waals surface area contributed by atoms with Crippen molar-refractivity contribution in [1.29, 1.82) is 0 Å². The average molecular weight is 405 g/mol. The van der Waals surface area contributed by atoms with Crippen LogP contribution in [0.25, 0.3) is 0 Å². The van der Waals surface area contributed by atoms with Gasteiger partial charge >= 0.3 is 0 Å². The Hall–Kier alpha value is -2.28. The van der Waals surface area contributed by atoms with Crippen molar-refractivity contribution in [3.05, 3.63) is 29.8 Å². The third-order valence-electron chi connectivity index (χ3n) is 4.77. The molecular weight excluding hydrogens is 368 g/mol. The van der Waals surface area contributed by atoms with Gasteiger partial charge in [-0.05, 0) is 51.3 Å². The van der Waals surface area contributed by atoms with Gasteiger partial charge in [0.1, 0.15) is 5.75 Å². The lowest BCUT2D eigenvalue weighted by molar-refractivity contribution is -0.121. The molecule has 1 aromatic carbocycles. The van der Waals surface area contributed by atoms with Gasteiger partial charge in [-0.1, -0.05) is 25.0 Å². The molecule has 1 fully saturated rings. The number of ether oxygens (including phenoxy) is 1. The van der Waals surface area contributed by atoms with E-state index in [9.17, 15) is 9.90 Å². The molecule has 0 aromatic heterocycles. The average Bonchev–Trinajstić information content (AvgIpc) is 3.19. The fourth-order valence-electron chi connectivity index (χ4n) is 3.33. The van der Waals surface area contributed by atoms with Crippen LogP contribution < -0.4 is 20.7 Å². The Morgan fingerprint density at radius 3 is 2.52 bits per heavy atom. The van der Waals surface area contributed by atoms with Crippen molar-refractivity contribution in [3.8, 4) is 5.75 Å². The van der Waals surface area contributed by atoms with E-state index in [0.29, 0.717) is 31.5 Å². The summed E-state index contributed by atoms with van der Waals surface area (Å²) in [5, 5.41) is 19.8. The van der Waals surface area contributed by atoms with Gasteiger partial charge in [0.15, 0.2) is 5.96 Å². The maximum absolute atomic E-state index is 12.0. The molecule has 0 bridgehead atoms. The van der Waals surface area contributed by atoms with Gasteiger partial charge in [0.05, 0.1) is 18.8 Å². The van der Waals surface area contributed by atoms with Gasteiger partial charge in [-0.3, -0.25) is 9.79 Å². The number of aliphatic imine (C=N–C) groups is 1. The molecule has 1 aliphatic carbocycles. The van der Waals surface area contributed by atoms with Gasteiger partial charge in [-0.2, -0.15) is 0 Å². The topological polar surface area (TPSA) is 95.0 Å². The van der Waals surface area contributed by atoms with Crippen molar-refractivity contribution < 1.29 is 14.6 Å². The van der Waals surface area contributed by atoms with Crippen LogP contribution in [0.3, 0.4) is 0 Å². The minimum atomic E-state index is -0.704. The first-order chi connectivity index (χ1) is 14.0. The number of benzene rings is 1. The SMILES string of the molecule is CCNC(=NCC(O)c1ccc(OC(C)C)cc1)NCCC(=O)NC1CCCC1.